The van der Waals surface area contributed by atoms with Crippen LogP contribution in [0.2, 0.25) is 0 Å². The Morgan fingerprint density at radius 1 is 0.364 bits per heavy atom. The van der Waals surface area contributed by atoms with Crippen molar-refractivity contribution < 1.29 is 0 Å². The first kappa shape index (κ1) is 25.5. The number of fused-ring (bicyclic) bond motifs is 10. The van der Waals surface area contributed by atoms with E-state index in [0.29, 0.717) is 11.8 Å². The van der Waals surface area contributed by atoms with E-state index < -0.39 is 0 Å². The highest BCUT2D eigenvalue weighted by Gasteiger charge is 2.30. The minimum absolute atomic E-state index is 0.384. The van der Waals surface area contributed by atoms with Crippen LogP contribution < -0.4 is 0 Å². The minimum atomic E-state index is 0.384. The zero-order valence-electron chi connectivity index (χ0n) is 25.7. The van der Waals surface area contributed by atoms with Crippen LogP contribution in [-0.2, 0) is 0 Å². The van der Waals surface area contributed by atoms with Gasteiger partial charge in [0.25, 0.3) is 0 Å². The Kier molecular flexibility index (Phi) is 5.39. The van der Waals surface area contributed by atoms with Gasteiger partial charge in [0.1, 0.15) is 0 Å². The smallest absolute Gasteiger partial charge is 0.00738 e. The molecule has 0 fully saturated rings. The van der Waals surface area contributed by atoms with Gasteiger partial charge in [0.05, 0.1) is 0 Å². The Morgan fingerprint density at radius 3 is 1.16 bits per heavy atom. The predicted molar refractivity (Wildman–Crippen MR) is 188 cm³/mol. The number of rotatable bonds is 2. The summed E-state index contributed by atoms with van der Waals surface area (Å²) in [6.07, 6.45) is 0. The van der Waals surface area contributed by atoms with E-state index in [0.717, 1.165) is 0 Å². The molecular weight excluding hydrogens is 528 g/mol. The van der Waals surface area contributed by atoms with Crippen LogP contribution in [0.3, 0.4) is 0 Å². The van der Waals surface area contributed by atoms with E-state index in [1.807, 2.05) is 0 Å². The van der Waals surface area contributed by atoms with Gasteiger partial charge in [0.15, 0.2) is 0 Å². The van der Waals surface area contributed by atoms with E-state index in [-0.39, 0.29) is 0 Å². The lowest BCUT2D eigenvalue weighted by atomic mass is 9.87. The number of benzene rings is 7. The van der Waals surface area contributed by atoms with Gasteiger partial charge in [0.2, 0.25) is 0 Å². The number of hydrogen-bond donors (Lipinski definition) is 0. The van der Waals surface area contributed by atoms with Crippen molar-refractivity contribution in [2.45, 2.75) is 39.5 Å². The Hall–Kier alpha value is -4.94. The Morgan fingerprint density at radius 2 is 0.750 bits per heavy atom. The highest BCUT2D eigenvalue weighted by molar-refractivity contribution is 6.10. The van der Waals surface area contributed by atoms with Crippen LogP contribution in [0.5, 0.6) is 0 Å². The lowest BCUT2D eigenvalue weighted by molar-refractivity contribution is 0.955. The van der Waals surface area contributed by atoms with Gasteiger partial charge >= 0.3 is 0 Å². The average molecular weight is 563 g/mol. The average Bonchev–Trinajstić information content (AvgIpc) is 3.50. The molecule has 0 aromatic heterocycles. The summed E-state index contributed by atoms with van der Waals surface area (Å²) in [4.78, 5) is 0. The largest absolute Gasteiger partial charge is 0.0616 e. The summed E-state index contributed by atoms with van der Waals surface area (Å²) in [6, 6.07) is 46.2. The summed E-state index contributed by atoms with van der Waals surface area (Å²) in [5.41, 5.74) is 19.2. The van der Waals surface area contributed by atoms with Crippen LogP contribution in [0.4, 0.5) is 0 Å². The van der Waals surface area contributed by atoms with Crippen LogP contribution >= 0.6 is 0 Å². The first-order valence-electron chi connectivity index (χ1n) is 15.9. The van der Waals surface area contributed by atoms with Crippen molar-refractivity contribution in [1.29, 1.82) is 0 Å². The van der Waals surface area contributed by atoms with E-state index in [1.165, 1.54) is 99.4 Å². The van der Waals surface area contributed by atoms with Crippen molar-refractivity contribution in [2.24, 2.45) is 0 Å². The zero-order valence-corrected chi connectivity index (χ0v) is 25.7. The summed E-state index contributed by atoms with van der Waals surface area (Å²) < 4.78 is 0. The van der Waals surface area contributed by atoms with Crippen LogP contribution in [0.25, 0.3) is 66.1 Å². The maximum absolute atomic E-state index is 2.47. The van der Waals surface area contributed by atoms with Gasteiger partial charge in [-0.25, -0.2) is 0 Å². The molecule has 210 valence electrons. The van der Waals surface area contributed by atoms with Crippen LogP contribution in [0.1, 0.15) is 59.1 Å². The van der Waals surface area contributed by atoms with Gasteiger partial charge in [-0.3, -0.25) is 0 Å². The summed E-state index contributed by atoms with van der Waals surface area (Å²) in [7, 11) is 0. The van der Waals surface area contributed by atoms with Gasteiger partial charge in [-0.1, -0.05) is 134 Å². The third-order valence-corrected chi connectivity index (χ3v) is 10.5. The monoisotopic (exact) mass is 562 g/mol. The summed E-state index contributed by atoms with van der Waals surface area (Å²) >= 11 is 0. The molecule has 0 spiro atoms. The molecule has 0 heteroatoms. The van der Waals surface area contributed by atoms with Crippen molar-refractivity contribution in [1.82, 2.24) is 0 Å². The Bertz CT molecular complexity index is 2150. The van der Waals surface area contributed by atoms with Gasteiger partial charge in [0, 0.05) is 11.8 Å². The second-order valence-corrected chi connectivity index (χ2v) is 13.1. The van der Waals surface area contributed by atoms with Gasteiger partial charge in [-0.15, -0.1) is 0 Å². The van der Waals surface area contributed by atoms with Crippen molar-refractivity contribution in [3.8, 4) is 44.5 Å². The van der Waals surface area contributed by atoms with E-state index in [4.69, 9.17) is 0 Å². The van der Waals surface area contributed by atoms with Gasteiger partial charge in [-0.2, -0.15) is 0 Å². The first-order chi connectivity index (χ1) is 21.5. The molecular formula is C44H34. The molecule has 2 unspecified atom stereocenters. The number of aryl methyl sites for hydroxylation is 2. The van der Waals surface area contributed by atoms with E-state index in [2.05, 4.69) is 149 Å². The molecule has 0 bridgehead atoms. The lowest BCUT2D eigenvalue weighted by Crippen LogP contribution is -1.93. The molecule has 0 aliphatic heterocycles. The second kappa shape index (κ2) is 9.28. The molecule has 0 heterocycles. The predicted octanol–water partition coefficient (Wildman–Crippen LogP) is 12.2. The molecule has 0 amide bonds. The SMILES string of the molecule is Cc1ccc2c(c1)C(C)c1cc(-c3ccc(-c4cc5c(c6ccccc46)-c4ccc(C)cc4C5C)cc3)c3ccccc3c1-2. The normalized spacial score (nSPS) is 16.2. The van der Waals surface area contributed by atoms with E-state index in [1.54, 1.807) is 0 Å². The molecule has 7 aromatic rings. The molecule has 2 aliphatic rings. The molecule has 0 saturated carbocycles. The highest BCUT2D eigenvalue weighted by atomic mass is 14.3. The van der Waals surface area contributed by atoms with Crippen LogP contribution in [-0.4, -0.2) is 0 Å². The summed E-state index contributed by atoms with van der Waals surface area (Å²) in [5.74, 6) is 0.769. The molecule has 2 atom stereocenters. The second-order valence-electron chi connectivity index (χ2n) is 13.1. The lowest BCUT2D eigenvalue weighted by Gasteiger charge is -2.16. The van der Waals surface area contributed by atoms with Gasteiger partial charge < -0.3 is 0 Å². The molecule has 0 saturated heterocycles. The maximum atomic E-state index is 2.47. The summed E-state index contributed by atoms with van der Waals surface area (Å²) in [5, 5.41) is 5.35. The molecule has 0 nitrogen and oxygen atoms in total. The van der Waals surface area contributed by atoms with E-state index >= 15 is 0 Å². The maximum Gasteiger partial charge on any atom is 0.00738 e. The van der Waals surface area contributed by atoms with Crippen molar-refractivity contribution in [3.63, 3.8) is 0 Å². The highest BCUT2D eigenvalue weighted by Crippen LogP contribution is 2.52. The molecule has 0 N–H and O–H groups in total. The minimum Gasteiger partial charge on any atom is -0.0616 e. The molecule has 7 aromatic carbocycles. The van der Waals surface area contributed by atoms with Crippen molar-refractivity contribution in [3.05, 3.63) is 155 Å². The first-order valence-corrected chi connectivity index (χ1v) is 15.9. The van der Waals surface area contributed by atoms with Crippen LogP contribution in [0, 0.1) is 13.8 Å². The summed E-state index contributed by atoms with van der Waals surface area (Å²) in [6.45, 7) is 9.13. The Balaban J connectivity index is 1.20. The number of hydrogen-bond acceptors (Lipinski definition) is 0. The third kappa shape index (κ3) is 3.52. The van der Waals surface area contributed by atoms with Crippen molar-refractivity contribution >= 4 is 21.5 Å². The standard InChI is InChI=1S/C44H34/c1-25-13-19-35-37(21-25)27(3)39-23-41(31-9-5-7-11-33(31)43(35)39)29-15-17-30(18-16-29)42-24-40-28(4)38-22-26(2)14-20-36(38)44(40)34-12-8-6-10-32(34)42/h5-24,27-28H,1-4H3. The fourth-order valence-corrected chi connectivity index (χ4v) is 8.26. The fourth-order valence-electron chi connectivity index (χ4n) is 8.26. The molecule has 0 radical (unpaired) electrons. The Labute approximate surface area is 259 Å². The van der Waals surface area contributed by atoms with E-state index in [9.17, 15) is 0 Å². The van der Waals surface area contributed by atoms with Crippen molar-refractivity contribution in [2.75, 3.05) is 0 Å². The quantitative estimate of drug-likeness (QED) is 0.197. The van der Waals surface area contributed by atoms with Crippen LogP contribution in [0.15, 0.2) is 121 Å². The molecule has 44 heavy (non-hydrogen) atoms. The fraction of sp³-hybridized carbons (Fsp3) is 0.136. The third-order valence-electron chi connectivity index (χ3n) is 10.5. The zero-order chi connectivity index (χ0) is 29.7. The van der Waals surface area contributed by atoms with Gasteiger partial charge in [-0.05, 0) is 114 Å². The molecule has 2 aliphatic carbocycles. The topological polar surface area (TPSA) is 0 Å². The molecule has 9 rings (SSSR count).